The quantitative estimate of drug-likeness (QED) is 0.848. The zero-order valence-corrected chi connectivity index (χ0v) is 15.8. The first-order valence-electron chi connectivity index (χ1n) is 9.92. The Morgan fingerprint density at radius 2 is 2.20 bits per heavy atom. The fraction of sp³-hybridized carbons (Fsp3) is 0.750. The molecule has 5 heteroatoms. The molecule has 2 bridgehead atoms. The van der Waals surface area contributed by atoms with Crippen LogP contribution in [0.15, 0.2) is 12.1 Å². The molecule has 1 N–H and O–H groups in total. The third kappa shape index (κ3) is 2.84. The molecular weight excluding hydrogens is 332 g/mol. The second-order valence-corrected chi connectivity index (χ2v) is 9.69. The molecule has 4 fully saturated rings. The number of thiophene rings is 1. The lowest BCUT2D eigenvalue weighted by Gasteiger charge is -2.29. The van der Waals surface area contributed by atoms with Gasteiger partial charge in [-0.25, -0.2) is 0 Å². The molecule has 1 saturated carbocycles. The summed E-state index contributed by atoms with van der Waals surface area (Å²) in [6.45, 7) is 6.29. The molecule has 5 rings (SSSR count). The highest BCUT2D eigenvalue weighted by atomic mass is 32.1. The maximum absolute atomic E-state index is 12.0. The summed E-state index contributed by atoms with van der Waals surface area (Å²) < 4.78 is 6.51. The van der Waals surface area contributed by atoms with Crippen LogP contribution in [-0.2, 0) is 22.5 Å². The summed E-state index contributed by atoms with van der Waals surface area (Å²) in [4.78, 5) is 17.6. The number of rotatable bonds is 6. The van der Waals surface area contributed by atoms with Crippen LogP contribution in [0.5, 0.6) is 0 Å². The van der Waals surface area contributed by atoms with E-state index in [0.717, 1.165) is 45.4 Å². The van der Waals surface area contributed by atoms with Gasteiger partial charge in [-0.2, -0.15) is 0 Å². The fourth-order valence-electron chi connectivity index (χ4n) is 5.31. The second-order valence-electron chi connectivity index (χ2n) is 8.44. The normalized spacial score (nSPS) is 36.8. The van der Waals surface area contributed by atoms with Crippen LogP contribution in [0, 0.1) is 17.8 Å². The molecule has 136 valence electrons. The van der Waals surface area contributed by atoms with Gasteiger partial charge in [-0.3, -0.25) is 9.69 Å². The predicted molar refractivity (Wildman–Crippen MR) is 98.5 cm³/mol. The van der Waals surface area contributed by atoms with Crippen molar-refractivity contribution in [1.29, 1.82) is 0 Å². The Labute approximate surface area is 153 Å². The Kier molecular flexibility index (Phi) is 3.95. The van der Waals surface area contributed by atoms with Gasteiger partial charge in [0, 0.05) is 53.7 Å². The van der Waals surface area contributed by atoms with Crippen molar-refractivity contribution in [2.75, 3.05) is 19.6 Å². The molecule has 3 aliphatic heterocycles. The minimum absolute atomic E-state index is 0.0739. The number of likely N-dealkylation sites (tertiary alicyclic amines) is 1. The Morgan fingerprint density at radius 3 is 2.96 bits per heavy atom. The first-order valence-corrected chi connectivity index (χ1v) is 10.7. The standard InChI is InChI=1S/C20H28N2O2S/c1-2-14-5-6-15(25-14)10-22-11-17-16(9-21-19(23)13-3-4-13)18-7-8-20(17,12-22)24-18/h5-6,13,16-18H,2-4,7-12H2,1H3,(H,21,23)/t16-,17+,18+,20+/m0/s1. The molecule has 3 saturated heterocycles. The van der Waals surface area contributed by atoms with E-state index in [0.29, 0.717) is 23.9 Å². The van der Waals surface area contributed by atoms with E-state index in [9.17, 15) is 4.79 Å². The van der Waals surface area contributed by atoms with E-state index in [1.54, 1.807) is 0 Å². The van der Waals surface area contributed by atoms with Crippen molar-refractivity contribution in [2.45, 2.75) is 57.3 Å². The number of hydrogen-bond acceptors (Lipinski definition) is 4. The molecule has 1 aromatic rings. The van der Waals surface area contributed by atoms with Crippen molar-refractivity contribution < 1.29 is 9.53 Å². The van der Waals surface area contributed by atoms with E-state index in [2.05, 4.69) is 29.3 Å². The van der Waals surface area contributed by atoms with Crippen LogP contribution in [0.4, 0.5) is 0 Å². The smallest absolute Gasteiger partial charge is 0.223 e. The summed E-state index contributed by atoms with van der Waals surface area (Å²) in [7, 11) is 0. The highest BCUT2D eigenvalue weighted by molar-refractivity contribution is 7.11. The van der Waals surface area contributed by atoms with E-state index in [-0.39, 0.29) is 11.5 Å². The molecule has 1 amide bonds. The molecule has 1 aromatic heterocycles. The number of amides is 1. The number of fused-ring (bicyclic) bond motifs is 1. The molecule has 1 aliphatic carbocycles. The van der Waals surface area contributed by atoms with Crippen LogP contribution in [0.1, 0.15) is 42.4 Å². The number of nitrogens with zero attached hydrogens (tertiary/aromatic N) is 1. The van der Waals surface area contributed by atoms with Crippen molar-refractivity contribution in [3.63, 3.8) is 0 Å². The van der Waals surface area contributed by atoms with Crippen LogP contribution in [-0.4, -0.2) is 42.1 Å². The third-order valence-corrected chi connectivity index (χ3v) is 7.97. The van der Waals surface area contributed by atoms with Crippen LogP contribution < -0.4 is 5.32 Å². The Balaban J connectivity index is 1.24. The Hall–Kier alpha value is -0.910. The number of aryl methyl sites for hydroxylation is 1. The average Bonchev–Trinajstić information content (AvgIpc) is 2.96. The van der Waals surface area contributed by atoms with Gasteiger partial charge in [0.05, 0.1) is 11.7 Å². The van der Waals surface area contributed by atoms with Crippen molar-refractivity contribution in [3.8, 4) is 0 Å². The van der Waals surface area contributed by atoms with Crippen LogP contribution >= 0.6 is 11.3 Å². The van der Waals surface area contributed by atoms with Crippen molar-refractivity contribution in [2.24, 2.45) is 17.8 Å². The number of carbonyl (C=O) groups excluding carboxylic acids is 1. The van der Waals surface area contributed by atoms with Gasteiger partial charge in [-0.15, -0.1) is 11.3 Å². The highest BCUT2D eigenvalue weighted by Gasteiger charge is 2.62. The van der Waals surface area contributed by atoms with Crippen LogP contribution in [0.3, 0.4) is 0 Å². The fourth-order valence-corrected chi connectivity index (χ4v) is 6.31. The minimum atomic E-state index is 0.0739. The maximum atomic E-state index is 12.0. The lowest BCUT2D eigenvalue weighted by Crippen LogP contribution is -2.42. The Bertz CT molecular complexity index is 670. The molecular formula is C20H28N2O2S. The zero-order valence-electron chi connectivity index (χ0n) is 15.0. The summed E-state index contributed by atoms with van der Waals surface area (Å²) in [5.41, 5.74) is 0.0739. The van der Waals surface area contributed by atoms with E-state index >= 15 is 0 Å². The third-order valence-electron chi connectivity index (χ3n) is 6.76. The predicted octanol–water partition coefficient (Wildman–Crippen LogP) is 2.82. The van der Waals surface area contributed by atoms with Gasteiger partial charge in [0.15, 0.2) is 0 Å². The van der Waals surface area contributed by atoms with Gasteiger partial charge in [0.25, 0.3) is 0 Å². The first-order chi connectivity index (χ1) is 12.2. The van der Waals surface area contributed by atoms with Gasteiger partial charge in [0.1, 0.15) is 0 Å². The van der Waals surface area contributed by atoms with E-state index in [1.807, 2.05) is 11.3 Å². The second kappa shape index (κ2) is 6.07. The molecule has 0 radical (unpaired) electrons. The van der Waals surface area contributed by atoms with Gasteiger partial charge < -0.3 is 10.1 Å². The van der Waals surface area contributed by atoms with Gasteiger partial charge in [-0.1, -0.05) is 6.92 Å². The maximum Gasteiger partial charge on any atom is 0.223 e. The first kappa shape index (κ1) is 16.3. The Morgan fingerprint density at radius 1 is 1.36 bits per heavy atom. The topological polar surface area (TPSA) is 41.6 Å². The number of carbonyl (C=O) groups is 1. The SMILES string of the molecule is CCc1ccc(CN2C[C@@H]3[C@H](CNC(=O)C4CC4)[C@H]4CC[C@]3(C2)O4)s1. The van der Waals surface area contributed by atoms with Gasteiger partial charge >= 0.3 is 0 Å². The van der Waals surface area contributed by atoms with E-state index in [1.165, 1.54) is 22.6 Å². The van der Waals surface area contributed by atoms with Crippen LogP contribution in [0.25, 0.3) is 0 Å². The lowest BCUT2D eigenvalue weighted by atomic mass is 9.73. The molecule has 4 heterocycles. The minimum Gasteiger partial charge on any atom is -0.370 e. The van der Waals surface area contributed by atoms with Gasteiger partial charge in [-0.05, 0) is 44.2 Å². The monoisotopic (exact) mass is 360 g/mol. The number of ether oxygens (including phenoxy) is 1. The highest BCUT2D eigenvalue weighted by Crippen LogP contribution is 2.54. The molecule has 4 nitrogen and oxygen atoms in total. The summed E-state index contributed by atoms with van der Waals surface area (Å²) >= 11 is 1.95. The number of hydrogen-bond donors (Lipinski definition) is 1. The van der Waals surface area contributed by atoms with E-state index in [4.69, 9.17) is 4.74 Å². The molecule has 25 heavy (non-hydrogen) atoms. The molecule has 4 atom stereocenters. The zero-order chi connectivity index (χ0) is 17.0. The summed E-state index contributed by atoms with van der Waals surface area (Å²) in [6.07, 6.45) is 6.05. The lowest BCUT2D eigenvalue weighted by molar-refractivity contribution is -0.122. The average molecular weight is 361 g/mol. The summed E-state index contributed by atoms with van der Waals surface area (Å²) in [5.74, 6) is 1.69. The molecule has 1 spiro atoms. The van der Waals surface area contributed by atoms with E-state index < -0.39 is 0 Å². The largest absolute Gasteiger partial charge is 0.370 e. The molecule has 0 aromatic carbocycles. The molecule has 4 aliphatic rings. The summed E-state index contributed by atoms with van der Waals surface area (Å²) in [5, 5.41) is 3.22. The van der Waals surface area contributed by atoms with Gasteiger partial charge in [0.2, 0.25) is 5.91 Å². The van der Waals surface area contributed by atoms with Crippen molar-refractivity contribution in [1.82, 2.24) is 10.2 Å². The van der Waals surface area contributed by atoms with Crippen molar-refractivity contribution >= 4 is 17.2 Å². The van der Waals surface area contributed by atoms with Crippen LogP contribution in [0.2, 0.25) is 0 Å². The number of nitrogens with one attached hydrogen (secondary N) is 1. The molecule has 0 unspecified atom stereocenters. The van der Waals surface area contributed by atoms with Crippen molar-refractivity contribution in [3.05, 3.63) is 21.9 Å². The summed E-state index contributed by atoms with van der Waals surface area (Å²) in [6, 6.07) is 4.56.